The van der Waals surface area contributed by atoms with Gasteiger partial charge in [0.25, 0.3) is 5.91 Å². The smallest absolute Gasteiger partial charge is 0.251 e. The number of hydrogen-bond acceptors (Lipinski definition) is 4. The number of hydrogen-bond donors (Lipinski definition) is 3. The van der Waals surface area contributed by atoms with Crippen molar-refractivity contribution in [2.45, 2.75) is 33.6 Å². The monoisotopic (exact) mass is 420 g/mol. The largest absolute Gasteiger partial charge is 0.396 e. The minimum absolute atomic E-state index is 0.0603. The molecule has 0 fully saturated rings. The second-order valence-corrected chi connectivity index (χ2v) is 6.77. The minimum atomic E-state index is -0.145. The number of aromatic nitrogens is 2. The summed E-state index contributed by atoms with van der Waals surface area (Å²) >= 11 is 0. The Morgan fingerprint density at radius 2 is 1.87 bits per heavy atom. The summed E-state index contributed by atoms with van der Waals surface area (Å²) in [6.07, 6.45) is 5.13. The number of allylic oxidation sites excluding steroid dienone is 2. The van der Waals surface area contributed by atoms with Crippen LogP contribution in [0.25, 0.3) is 16.5 Å². The molecule has 1 amide bonds. The molecule has 6 heteroatoms. The van der Waals surface area contributed by atoms with Crippen LogP contribution in [0.15, 0.2) is 53.5 Å². The Balaban J connectivity index is 0.00000166. The van der Waals surface area contributed by atoms with E-state index < -0.39 is 0 Å². The van der Waals surface area contributed by atoms with E-state index in [0.717, 1.165) is 33.3 Å². The number of H-pyrrole nitrogens is 1. The third kappa shape index (κ3) is 6.36. The van der Waals surface area contributed by atoms with Gasteiger partial charge in [0.15, 0.2) is 0 Å². The summed E-state index contributed by atoms with van der Waals surface area (Å²) in [6, 6.07) is 13.9. The summed E-state index contributed by atoms with van der Waals surface area (Å²) in [6.45, 7) is 6.51. The average Bonchev–Trinajstić information content (AvgIpc) is 3.21. The van der Waals surface area contributed by atoms with Crippen molar-refractivity contribution in [2.24, 2.45) is 4.99 Å². The van der Waals surface area contributed by atoms with Crippen molar-refractivity contribution >= 4 is 28.6 Å². The van der Waals surface area contributed by atoms with Crippen LogP contribution in [-0.4, -0.2) is 47.6 Å². The van der Waals surface area contributed by atoms with E-state index in [1.807, 2.05) is 45.2 Å². The van der Waals surface area contributed by atoms with E-state index in [9.17, 15) is 4.79 Å². The van der Waals surface area contributed by atoms with Gasteiger partial charge in [-0.05, 0) is 48.2 Å². The second kappa shape index (κ2) is 12.4. The van der Waals surface area contributed by atoms with Crippen LogP contribution >= 0.6 is 0 Å². The Morgan fingerprint density at radius 3 is 2.52 bits per heavy atom. The molecular weight excluding hydrogens is 388 g/mol. The van der Waals surface area contributed by atoms with Crippen molar-refractivity contribution in [2.75, 3.05) is 20.2 Å². The molecule has 0 saturated carbocycles. The molecule has 0 aliphatic carbocycles. The zero-order chi connectivity index (χ0) is 22.6. The lowest BCUT2D eigenvalue weighted by molar-refractivity contribution is 0.0951. The summed E-state index contributed by atoms with van der Waals surface area (Å²) in [4.78, 5) is 16.4. The van der Waals surface area contributed by atoms with Crippen LogP contribution in [-0.2, 0) is 6.42 Å². The molecule has 1 heterocycles. The number of aliphatic hydroxyl groups excluding tert-OH is 1. The van der Waals surface area contributed by atoms with Gasteiger partial charge in [-0.1, -0.05) is 44.2 Å². The van der Waals surface area contributed by atoms with Gasteiger partial charge in [-0.2, -0.15) is 5.10 Å². The van der Waals surface area contributed by atoms with Crippen LogP contribution in [0.3, 0.4) is 0 Å². The molecule has 0 aliphatic heterocycles. The quantitative estimate of drug-likeness (QED) is 0.373. The molecule has 0 unspecified atom stereocenters. The van der Waals surface area contributed by atoms with Crippen LogP contribution in [0.2, 0.25) is 0 Å². The number of fused-ring (bicyclic) bond motifs is 1. The molecule has 3 aromatic rings. The highest BCUT2D eigenvalue weighted by Crippen LogP contribution is 2.22. The van der Waals surface area contributed by atoms with Gasteiger partial charge in [0.05, 0.1) is 5.52 Å². The standard InChI is InChI=1S/C23H26N4O2.C2H6/c1-3-17(15-24-2)18-7-5-16(6-8-18)13-22-20-14-19(9-10-21(20)26-27-22)23(29)25-11-4-12-28;1-2/h3,5-10,14-15,28H,4,11-13H2,1-2H3,(H,25,29)(H,26,27);1-2H3/b17-3+,24-15?;. The molecule has 0 aliphatic rings. The SMILES string of the molecule is C/C=C(\C=NC)c1ccc(Cc2[nH]nc3ccc(C(=O)NCCCO)cc23)cc1.CC. The summed E-state index contributed by atoms with van der Waals surface area (Å²) in [5.41, 5.74) is 5.75. The van der Waals surface area contributed by atoms with E-state index in [4.69, 9.17) is 5.11 Å². The number of aromatic amines is 1. The molecule has 0 atom stereocenters. The van der Waals surface area contributed by atoms with Gasteiger partial charge >= 0.3 is 0 Å². The molecule has 0 saturated heterocycles. The third-order valence-electron chi connectivity index (χ3n) is 4.76. The van der Waals surface area contributed by atoms with Gasteiger partial charge < -0.3 is 10.4 Å². The molecule has 31 heavy (non-hydrogen) atoms. The molecule has 3 rings (SSSR count). The van der Waals surface area contributed by atoms with Gasteiger partial charge in [0.2, 0.25) is 0 Å². The zero-order valence-electron chi connectivity index (χ0n) is 18.8. The van der Waals surface area contributed by atoms with E-state index in [0.29, 0.717) is 24.9 Å². The van der Waals surface area contributed by atoms with E-state index in [1.54, 1.807) is 13.1 Å². The number of nitrogens with zero attached hydrogens (tertiary/aromatic N) is 2. The lowest BCUT2D eigenvalue weighted by Gasteiger charge is -2.06. The highest BCUT2D eigenvalue weighted by Gasteiger charge is 2.11. The lowest BCUT2D eigenvalue weighted by Crippen LogP contribution is -2.24. The number of rotatable bonds is 8. The normalized spacial score (nSPS) is 11.5. The number of aliphatic imine (C=N–C) groups is 1. The number of aliphatic hydroxyl groups is 1. The Morgan fingerprint density at radius 1 is 1.16 bits per heavy atom. The summed E-state index contributed by atoms with van der Waals surface area (Å²) in [5, 5.41) is 20.1. The Labute approximate surface area is 184 Å². The fraction of sp³-hybridized carbons (Fsp3) is 0.320. The van der Waals surface area contributed by atoms with Crippen LogP contribution in [0.5, 0.6) is 0 Å². The molecular formula is C25H32N4O2. The van der Waals surface area contributed by atoms with Crippen molar-refractivity contribution in [3.8, 4) is 0 Å². The highest BCUT2D eigenvalue weighted by atomic mass is 16.3. The van der Waals surface area contributed by atoms with Gasteiger partial charge in [-0.3, -0.25) is 14.9 Å². The molecule has 0 bridgehead atoms. The average molecular weight is 421 g/mol. The van der Waals surface area contributed by atoms with Crippen molar-refractivity contribution in [3.05, 3.63) is 70.9 Å². The van der Waals surface area contributed by atoms with Crippen molar-refractivity contribution in [1.29, 1.82) is 0 Å². The summed E-state index contributed by atoms with van der Waals surface area (Å²) in [7, 11) is 1.77. The first-order valence-electron chi connectivity index (χ1n) is 10.7. The maximum absolute atomic E-state index is 12.3. The van der Waals surface area contributed by atoms with Gasteiger partial charge in [0.1, 0.15) is 0 Å². The second-order valence-electron chi connectivity index (χ2n) is 6.77. The number of amides is 1. The van der Waals surface area contributed by atoms with E-state index in [-0.39, 0.29) is 12.5 Å². The first-order valence-corrected chi connectivity index (χ1v) is 10.7. The van der Waals surface area contributed by atoms with Crippen LogP contribution in [0, 0.1) is 0 Å². The maximum Gasteiger partial charge on any atom is 0.251 e. The van der Waals surface area contributed by atoms with Crippen molar-refractivity contribution in [1.82, 2.24) is 15.5 Å². The van der Waals surface area contributed by atoms with Gasteiger partial charge in [-0.25, -0.2) is 0 Å². The fourth-order valence-corrected chi connectivity index (χ4v) is 3.20. The molecule has 0 radical (unpaired) electrons. The molecule has 1 aromatic heterocycles. The van der Waals surface area contributed by atoms with Gasteiger partial charge in [0, 0.05) is 49.5 Å². The number of carbonyl (C=O) groups is 1. The highest BCUT2D eigenvalue weighted by molar-refractivity contribution is 6.09. The number of carbonyl (C=O) groups excluding carboxylic acids is 1. The third-order valence-corrected chi connectivity index (χ3v) is 4.76. The zero-order valence-corrected chi connectivity index (χ0v) is 18.8. The van der Waals surface area contributed by atoms with Crippen molar-refractivity contribution in [3.63, 3.8) is 0 Å². The van der Waals surface area contributed by atoms with E-state index >= 15 is 0 Å². The minimum Gasteiger partial charge on any atom is -0.396 e. The maximum atomic E-state index is 12.3. The molecule has 0 spiro atoms. The van der Waals surface area contributed by atoms with Crippen LogP contribution in [0.1, 0.15) is 54.4 Å². The van der Waals surface area contributed by atoms with Crippen LogP contribution in [0.4, 0.5) is 0 Å². The molecule has 6 nitrogen and oxygen atoms in total. The van der Waals surface area contributed by atoms with E-state index in [2.05, 4.69) is 44.8 Å². The topological polar surface area (TPSA) is 90.4 Å². The predicted molar refractivity (Wildman–Crippen MR) is 129 cm³/mol. The molecule has 164 valence electrons. The lowest BCUT2D eigenvalue weighted by atomic mass is 10.0. The molecule has 3 N–H and O–H groups in total. The Bertz CT molecular complexity index is 1030. The van der Waals surface area contributed by atoms with E-state index in [1.165, 1.54) is 0 Å². The Kier molecular flexibility index (Phi) is 9.65. The fourth-order valence-electron chi connectivity index (χ4n) is 3.20. The van der Waals surface area contributed by atoms with Crippen LogP contribution < -0.4 is 5.32 Å². The predicted octanol–water partition coefficient (Wildman–Crippen LogP) is 4.40. The van der Waals surface area contributed by atoms with Crippen molar-refractivity contribution < 1.29 is 9.90 Å². The van der Waals surface area contributed by atoms with Gasteiger partial charge in [-0.15, -0.1) is 0 Å². The Hall–Kier alpha value is -3.25. The summed E-state index contributed by atoms with van der Waals surface area (Å²) < 4.78 is 0. The molecule has 2 aromatic carbocycles. The first-order chi connectivity index (χ1) is 15.2. The number of nitrogens with one attached hydrogen (secondary N) is 2. The first kappa shape index (κ1) is 24.0. The summed E-state index contributed by atoms with van der Waals surface area (Å²) in [5.74, 6) is -0.145. The number of benzene rings is 2.